The molecule has 4 heteroatoms. The van der Waals surface area contributed by atoms with Crippen molar-refractivity contribution in [3.63, 3.8) is 0 Å². The molecule has 0 bridgehead atoms. The molecule has 2 aromatic carbocycles. The normalized spacial score (nSPS) is 10.6. The van der Waals surface area contributed by atoms with Crippen LogP contribution in [-0.4, -0.2) is 16.1 Å². The molecule has 0 spiro atoms. The van der Waals surface area contributed by atoms with Crippen LogP contribution in [0.25, 0.3) is 10.9 Å². The number of hydrogen-bond donors (Lipinski definition) is 1. The zero-order chi connectivity index (χ0) is 16.1. The fraction of sp³-hybridized carbons (Fsp3) is 0.158. The molecule has 116 valence electrons. The number of aromatic nitrogens is 1. The monoisotopic (exact) mass is 307 g/mol. The van der Waals surface area contributed by atoms with Crippen LogP contribution in [0, 0.1) is 0 Å². The van der Waals surface area contributed by atoms with Crippen LogP contribution in [0.3, 0.4) is 0 Å². The quantitative estimate of drug-likeness (QED) is 0.752. The van der Waals surface area contributed by atoms with Gasteiger partial charge in [0.15, 0.2) is 0 Å². The lowest BCUT2D eigenvalue weighted by Gasteiger charge is -2.11. The minimum absolute atomic E-state index is 0.0919. The zero-order valence-corrected chi connectivity index (χ0v) is 12.6. The number of nitrogens with zero attached hydrogens (tertiary/aromatic N) is 1. The molecule has 0 radical (unpaired) electrons. The Balaban J connectivity index is 1.73. The number of carboxylic acids is 1. The smallest absolute Gasteiger partial charge is 0.303 e. The van der Waals surface area contributed by atoms with Crippen LogP contribution in [0.2, 0.25) is 0 Å². The lowest BCUT2D eigenvalue weighted by Crippen LogP contribution is -2.03. The highest BCUT2D eigenvalue weighted by molar-refractivity contribution is 5.78. The van der Waals surface area contributed by atoms with Crippen molar-refractivity contribution in [2.45, 2.75) is 19.4 Å². The van der Waals surface area contributed by atoms with Crippen LogP contribution in [0.5, 0.6) is 5.75 Å². The minimum atomic E-state index is -0.809. The fourth-order valence-electron chi connectivity index (χ4n) is 2.43. The van der Waals surface area contributed by atoms with Crippen LogP contribution in [-0.2, 0) is 17.8 Å². The third-order valence-electron chi connectivity index (χ3n) is 3.61. The third kappa shape index (κ3) is 3.86. The molecule has 3 aromatic rings. The van der Waals surface area contributed by atoms with Crippen molar-refractivity contribution in [3.8, 4) is 5.75 Å². The molecule has 0 fully saturated rings. The Kier molecular flexibility index (Phi) is 4.52. The van der Waals surface area contributed by atoms with E-state index in [0.29, 0.717) is 18.8 Å². The standard InChI is InChI=1S/C19H17NO3/c21-19(22)12-10-15-6-2-4-8-18(15)23-13-16-11-9-14-5-1-3-7-17(14)20-16/h1-9,11H,10,12-13H2,(H,21,22). The van der Waals surface area contributed by atoms with Gasteiger partial charge in [0.05, 0.1) is 11.2 Å². The molecule has 1 aromatic heterocycles. The summed E-state index contributed by atoms with van der Waals surface area (Å²) in [6.07, 6.45) is 0.547. The molecule has 0 unspecified atom stereocenters. The molecule has 23 heavy (non-hydrogen) atoms. The Bertz CT molecular complexity index is 829. The van der Waals surface area contributed by atoms with Gasteiger partial charge in [0, 0.05) is 11.8 Å². The molecule has 0 aliphatic carbocycles. The van der Waals surface area contributed by atoms with Crippen molar-refractivity contribution in [1.82, 2.24) is 4.98 Å². The molecular weight excluding hydrogens is 290 g/mol. The first-order valence-corrected chi connectivity index (χ1v) is 7.49. The van der Waals surface area contributed by atoms with E-state index in [1.807, 2.05) is 60.7 Å². The number of benzene rings is 2. The molecule has 3 rings (SSSR count). The van der Waals surface area contributed by atoms with Gasteiger partial charge in [0.25, 0.3) is 0 Å². The number of fused-ring (bicyclic) bond motifs is 1. The average molecular weight is 307 g/mol. The summed E-state index contributed by atoms with van der Waals surface area (Å²) in [5.41, 5.74) is 2.68. The first-order chi connectivity index (χ1) is 11.2. The minimum Gasteiger partial charge on any atom is -0.487 e. The van der Waals surface area contributed by atoms with Gasteiger partial charge in [-0.2, -0.15) is 0 Å². The summed E-state index contributed by atoms with van der Waals surface area (Å²) in [4.78, 5) is 15.3. The highest BCUT2D eigenvalue weighted by atomic mass is 16.5. The molecule has 4 nitrogen and oxygen atoms in total. The number of hydrogen-bond acceptors (Lipinski definition) is 3. The summed E-state index contributed by atoms with van der Waals surface area (Å²) in [6, 6.07) is 19.4. The number of pyridine rings is 1. The molecule has 0 aliphatic heterocycles. The lowest BCUT2D eigenvalue weighted by atomic mass is 10.1. The second kappa shape index (κ2) is 6.92. The number of para-hydroxylation sites is 2. The summed E-state index contributed by atoms with van der Waals surface area (Å²) in [7, 11) is 0. The lowest BCUT2D eigenvalue weighted by molar-refractivity contribution is -0.136. The molecule has 0 saturated carbocycles. The summed E-state index contributed by atoms with van der Waals surface area (Å²) < 4.78 is 5.85. The van der Waals surface area contributed by atoms with Gasteiger partial charge >= 0.3 is 5.97 Å². The van der Waals surface area contributed by atoms with Gasteiger partial charge < -0.3 is 9.84 Å². The average Bonchev–Trinajstić information content (AvgIpc) is 2.58. The predicted molar refractivity (Wildman–Crippen MR) is 88.5 cm³/mol. The van der Waals surface area contributed by atoms with Gasteiger partial charge in [-0.05, 0) is 30.2 Å². The van der Waals surface area contributed by atoms with E-state index in [1.54, 1.807) is 0 Å². The van der Waals surface area contributed by atoms with Crippen molar-refractivity contribution in [2.24, 2.45) is 0 Å². The zero-order valence-electron chi connectivity index (χ0n) is 12.6. The van der Waals surface area contributed by atoms with Crippen molar-refractivity contribution >= 4 is 16.9 Å². The summed E-state index contributed by atoms with van der Waals surface area (Å²) >= 11 is 0. The van der Waals surface area contributed by atoms with Gasteiger partial charge in [0.1, 0.15) is 12.4 Å². The molecule has 0 atom stereocenters. The molecule has 0 amide bonds. The highest BCUT2D eigenvalue weighted by Crippen LogP contribution is 2.21. The maximum Gasteiger partial charge on any atom is 0.303 e. The van der Waals surface area contributed by atoms with Crippen LogP contribution < -0.4 is 4.74 Å². The van der Waals surface area contributed by atoms with Crippen molar-refractivity contribution < 1.29 is 14.6 Å². The Morgan fingerprint density at radius 2 is 1.78 bits per heavy atom. The molecule has 0 saturated heterocycles. The van der Waals surface area contributed by atoms with Crippen LogP contribution in [0.4, 0.5) is 0 Å². The number of carbonyl (C=O) groups is 1. The highest BCUT2D eigenvalue weighted by Gasteiger charge is 2.06. The molecular formula is C19H17NO3. The van der Waals surface area contributed by atoms with E-state index >= 15 is 0 Å². The Morgan fingerprint density at radius 1 is 1.00 bits per heavy atom. The van der Waals surface area contributed by atoms with Crippen molar-refractivity contribution in [1.29, 1.82) is 0 Å². The van der Waals surface area contributed by atoms with Crippen molar-refractivity contribution in [3.05, 3.63) is 71.9 Å². The van der Waals surface area contributed by atoms with Gasteiger partial charge in [0.2, 0.25) is 0 Å². The molecule has 1 heterocycles. The van der Waals surface area contributed by atoms with E-state index in [-0.39, 0.29) is 6.42 Å². The summed E-state index contributed by atoms with van der Waals surface area (Å²) in [5.74, 6) is -0.0975. The predicted octanol–water partition coefficient (Wildman–Crippen LogP) is 3.83. The number of aryl methyl sites for hydroxylation is 1. The van der Waals surface area contributed by atoms with E-state index in [1.165, 1.54) is 0 Å². The number of aliphatic carboxylic acids is 1. The third-order valence-corrected chi connectivity index (χ3v) is 3.61. The van der Waals surface area contributed by atoms with Crippen molar-refractivity contribution in [2.75, 3.05) is 0 Å². The summed E-state index contributed by atoms with van der Waals surface area (Å²) in [5, 5.41) is 9.92. The molecule has 1 N–H and O–H groups in total. The Morgan fingerprint density at radius 3 is 2.65 bits per heavy atom. The van der Waals surface area contributed by atoms with Gasteiger partial charge in [-0.25, -0.2) is 4.98 Å². The molecule has 0 aliphatic rings. The van der Waals surface area contributed by atoms with Gasteiger partial charge in [-0.1, -0.05) is 42.5 Å². The van der Waals surface area contributed by atoms with E-state index in [4.69, 9.17) is 9.84 Å². The largest absolute Gasteiger partial charge is 0.487 e. The van der Waals surface area contributed by atoms with E-state index < -0.39 is 5.97 Å². The first-order valence-electron chi connectivity index (χ1n) is 7.49. The van der Waals surface area contributed by atoms with E-state index in [2.05, 4.69) is 4.98 Å². The Hall–Kier alpha value is -2.88. The van der Waals surface area contributed by atoms with E-state index in [0.717, 1.165) is 22.2 Å². The Labute approximate surface area is 134 Å². The number of rotatable bonds is 6. The first kappa shape index (κ1) is 15.0. The summed E-state index contributed by atoms with van der Waals surface area (Å²) in [6.45, 7) is 0.356. The maximum absolute atomic E-state index is 10.7. The van der Waals surface area contributed by atoms with Crippen LogP contribution in [0.15, 0.2) is 60.7 Å². The van der Waals surface area contributed by atoms with Gasteiger partial charge in [-0.3, -0.25) is 4.79 Å². The van der Waals surface area contributed by atoms with E-state index in [9.17, 15) is 4.79 Å². The SMILES string of the molecule is O=C(O)CCc1ccccc1OCc1ccc2ccccc2n1. The maximum atomic E-state index is 10.7. The number of ether oxygens (including phenoxy) is 1. The number of carboxylic acid groups (broad SMARTS) is 1. The van der Waals surface area contributed by atoms with Crippen LogP contribution >= 0.6 is 0 Å². The fourth-order valence-corrected chi connectivity index (χ4v) is 2.43. The van der Waals surface area contributed by atoms with Gasteiger partial charge in [-0.15, -0.1) is 0 Å². The second-order valence-corrected chi connectivity index (χ2v) is 5.29. The van der Waals surface area contributed by atoms with Crippen LogP contribution in [0.1, 0.15) is 17.7 Å². The topological polar surface area (TPSA) is 59.4 Å². The second-order valence-electron chi connectivity index (χ2n) is 5.29.